The van der Waals surface area contributed by atoms with Gasteiger partial charge >= 0.3 is 0 Å². The van der Waals surface area contributed by atoms with Gasteiger partial charge in [-0.15, -0.1) is 0 Å². The second kappa shape index (κ2) is 5.72. The van der Waals surface area contributed by atoms with Crippen LogP contribution in [-0.2, 0) is 0 Å². The normalized spacial score (nSPS) is 24.4. The zero-order valence-corrected chi connectivity index (χ0v) is 11.6. The lowest BCUT2D eigenvalue weighted by Gasteiger charge is -2.32. The summed E-state index contributed by atoms with van der Waals surface area (Å²) in [6, 6.07) is 9.05. The van der Waals surface area contributed by atoms with Gasteiger partial charge in [-0.2, -0.15) is 0 Å². The van der Waals surface area contributed by atoms with E-state index < -0.39 is 0 Å². The summed E-state index contributed by atoms with van der Waals surface area (Å²) in [6.45, 7) is 3.20. The van der Waals surface area contributed by atoms with Gasteiger partial charge in [0, 0.05) is 25.8 Å². The number of benzene rings is 1. The van der Waals surface area contributed by atoms with E-state index >= 15 is 0 Å². The molecule has 1 aromatic carbocycles. The van der Waals surface area contributed by atoms with E-state index in [0.29, 0.717) is 12.0 Å². The van der Waals surface area contributed by atoms with Crippen LogP contribution in [0.25, 0.3) is 0 Å². The van der Waals surface area contributed by atoms with Crippen molar-refractivity contribution in [3.63, 3.8) is 0 Å². The number of hydrogen-bond acceptors (Lipinski definition) is 3. The molecule has 3 heteroatoms. The predicted molar refractivity (Wildman–Crippen MR) is 75.9 cm³/mol. The third-order valence-corrected chi connectivity index (χ3v) is 3.83. The molecule has 1 saturated carbocycles. The van der Waals surface area contributed by atoms with Crippen molar-refractivity contribution in [3.05, 3.63) is 29.8 Å². The number of nitrogens with zero attached hydrogens (tertiary/aromatic N) is 1. The largest absolute Gasteiger partial charge is 0.393 e. The molecule has 100 valence electrons. The molecule has 1 aliphatic carbocycles. The van der Waals surface area contributed by atoms with E-state index in [1.807, 2.05) is 0 Å². The molecule has 0 spiro atoms. The summed E-state index contributed by atoms with van der Waals surface area (Å²) in [5, 5.41) is 12.8. The number of aliphatic hydroxyl groups excluding tert-OH is 1. The molecular formula is C15H24N2O. The molecule has 0 bridgehead atoms. The first-order chi connectivity index (χ1) is 8.56. The summed E-state index contributed by atoms with van der Waals surface area (Å²) in [4.78, 5) is 2.11. The molecule has 0 radical (unpaired) electrons. The number of anilines is 1. The van der Waals surface area contributed by atoms with Crippen LogP contribution in [-0.4, -0.2) is 31.9 Å². The lowest BCUT2D eigenvalue weighted by atomic mass is 9.82. The Labute approximate surface area is 110 Å². The quantitative estimate of drug-likeness (QED) is 0.838. The number of nitrogens with one attached hydrogen (secondary N) is 1. The van der Waals surface area contributed by atoms with E-state index in [0.717, 1.165) is 19.4 Å². The number of hydrogen-bond donors (Lipinski definition) is 2. The third kappa shape index (κ3) is 3.24. The Bertz CT molecular complexity index is 369. The predicted octanol–water partition coefficient (Wildman–Crippen LogP) is 2.17. The van der Waals surface area contributed by atoms with Crippen molar-refractivity contribution < 1.29 is 5.11 Å². The average Bonchev–Trinajstić information content (AvgIpc) is 2.33. The first-order valence-corrected chi connectivity index (χ1v) is 6.75. The van der Waals surface area contributed by atoms with Crippen molar-refractivity contribution in [2.45, 2.75) is 31.9 Å². The fraction of sp³-hybridized carbons (Fsp3) is 0.600. The van der Waals surface area contributed by atoms with Crippen LogP contribution in [0.1, 0.15) is 31.4 Å². The minimum absolute atomic E-state index is 0.0496. The topological polar surface area (TPSA) is 35.5 Å². The lowest BCUT2D eigenvalue weighted by molar-refractivity contribution is 0.0420. The van der Waals surface area contributed by atoms with Gasteiger partial charge in [-0.1, -0.05) is 12.1 Å². The molecule has 3 nitrogen and oxygen atoms in total. The molecule has 1 fully saturated rings. The Balaban J connectivity index is 1.82. The standard InChI is InChI=1S/C15H24N2O/c1-11(16-10-12-8-15(18)9-12)13-4-6-14(7-5-13)17(2)3/h4-7,11-12,15-16,18H,8-10H2,1-3H3. The maximum absolute atomic E-state index is 9.25. The van der Waals surface area contributed by atoms with E-state index in [1.165, 1.54) is 11.3 Å². The van der Waals surface area contributed by atoms with Crippen molar-refractivity contribution in [3.8, 4) is 0 Å². The van der Waals surface area contributed by atoms with E-state index in [-0.39, 0.29) is 6.10 Å². The number of rotatable bonds is 5. The van der Waals surface area contributed by atoms with Crippen LogP contribution in [0, 0.1) is 5.92 Å². The molecule has 1 atom stereocenters. The third-order valence-electron chi connectivity index (χ3n) is 3.83. The highest BCUT2D eigenvalue weighted by Crippen LogP contribution is 2.27. The molecule has 0 aliphatic heterocycles. The Hall–Kier alpha value is -1.06. The maximum atomic E-state index is 9.25. The summed E-state index contributed by atoms with van der Waals surface area (Å²) in [6.07, 6.45) is 1.87. The maximum Gasteiger partial charge on any atom is 0.0546 e. The highest BCUT2D eigenvalue weighted by molar-refractivity contribution is 5.46. The van der Waals surface area contributed by atoms with E-state index in [2.05, 4.69) is 55.5 Å². The Morgan fingerprint density at radius 2 is 1.89 bits per heavy atom. The van der Waals surface area contributed by atoms with Crippen LogP contribution in [0.15, 0.2) is 24.3 Å². The second-order valence-electron chi connectivity index (χ2n) is 5.61. The van der Waals surface area contributed by atoms with E-state index in [1.54, 1.807) is 0 Å². The van der Waals surface area contributed by atoms with Gasteiger partial charge < -0.3 is 15.3 Å². The van der Waals surface area contributed by atoms with Crippen molar-refractivity contribution >= 4 is 5.69 Å². The van der Waals surface area contributed by atoms with Gasteiger partial charge in [0.2, 0.25) is 0 Å². The molecule has 1 unspecified atom stereocenters. The molecule has 1 aromatic rings. The molecule has 0 heterocycles. The van der Waals surface area contributed by atoms with Gasteiger partial charge in [0.25, 0.3) is 0 Å². The molecule has 1 aliphatic rings. The molecule has 0 aromatic heterocycles. The molecule has 0 saturated heterocycles. The van der Waals surface area contributed by atoms with Crippen LogP contribution in [0.4, 0.5) is 5.69 Å². The lowest BCUT2D eigenvalue weighted by Crippen LogP contribution is -2.36. The summed E-state index contributed by atoms with van der Waals surface area (Å²) in [7, 11) is 4.11. The van der Waals surface area contributed by atoms with Gasteiger partial charge in [0.05, 0.1) is 6.10 Å². The van der Waals surface area contributed by atoms with Gasteiger partial charge in [-0.25, -0.2) is 0 Å². The average molecular weight is 248 g/mol. The zero-order valence-electron chi connectivity index (χ0n) is 11.6. The monoisotopic (exact) mass is 248 g/mol. The summed E-state index contributed by atoms with van der Waals surface area (Å²) < 4.78 is 0. The van der Waals surface area contributed by atoms with Crippen molar-refractivity contribution in [1.29, 1.82) is 0 Å². The van der Waals surface area contributed by atoms with Gasteiger partial charge in [-0.3, -0.25) is 0 Å². The Morgan fingerprint density at radius 3 is 2.39 bits per heavy atom. The van der Waals surface area contributed by atoms with Crippen LogP contribution in [0.2, 0.25) is 0 Å². The molecule has 18 heavy (non-hydrogen) atoms. The highest BCUT2D eigenvalue weighted by atomic mass is 16.3. The first-order valence-electron chi connectivity index (χ1n) is 6.75. The fourth-order valence-corrected chi connectivity index (χ4v) is 2.39. The molecule has 0 amide bonds. The highest BCUT2D eigenvalue weighted by Gasteiger charge is 2.26. The summed E-state index contributed by atoms with van der Waals surface area (Å²) >= 11 is 0. The minimum atomic E-state index is -0.0496. The van der Waals surface area contributed by atoms with Crippen molar-refractivity contribution in [2.24, 2.45) is 5.92 Å². The van der Waals surface area contributed by atoms with Gasteiger partial charge in [0.1, 0.15) is 0 Å². The smallest absolute Gasteiger partial charge is 0.0546 e. The van der Waals surface area contributed by atoms with Gasteiger partial charge in [0.15, 0.2) is 0 Å². The van der Waals surface area contributed by atoms with E-state index in [9.17, 15) is 5.11 Å². The Morgan fingerprint density at radius 1 is 1.28 bits per heavy atom. The SMILES string of the molecule is CC(NCC1CC(O)C1)c1ccc(N(C)C)cc1. The summed E-state index contributed by atoms with van der Waals surface area (Å²) in [5.41, 5.74) is 2.55. The number of aliphatic hydroxyl groups is 1. The van der Waals surface area contributed by atoms with Crippen molar-refractivity contribution in [1.82, 2.24) is 5.32 Å². The van der Waals surface area contributed by atoms with Crippen LogP contribution in [0.3, 0.4) is 0 Å². The van der Waals surface area contributed by atoms with Crippen LogP contribution >= 0.6 is 0 Å². The van der Waals surface area contributed by atoms with Gasteiger partial charge in [-0.05, 0) is 49.9 Å². The van der Waals surface area contributed by atoms with Crippen LogP contribution in [0.5, 0.6) is 0 Å². The van der Waals surface area contributed by atoms with Crippen molar-refractivity contribution in [2.75, 3.05) is 25.5 Å². The second-order valence-corrected chi connectivity index (χ2v) is 5.61. The first kappa shape index (κ1) is 13.4. The van der Waals surface area contributed by atoms with Crippen LogP contribution < -0.4 is 10.2 Å². The molecular weight excluding hydrogens is 224 g/mol. The molecule has 2 N–H and O–H groups in total. The van der Waals surface area contributed by atoms with E-state index in [4.69, 9.17) is 0 Å². The fourth-order valence-electron chi connectivity index (χ4n) is 2.39. The minimum Gasteiger partial charge on any atom is -0.393 e. The summed E-state index contributed by atoms with van der Waals surface area (Å²) in [5.74, 6) is 0.656. The molecule has 2 rings (SSSR count). The zero-order chi connectivity index (χ0) is 13.1. The Kier molecular flexibility index (Phi) is 4.25.